The van der Waals surface area contributed by atoms with Gasteiger partial charge in [0.2, 0.25) is 5.91 Å². The van der Waals surface area contributed by atoms with E-state index in [4.69, 9.17) is 14.2 Å². The summed E-state index contributed by atoms with van der Waals surface area (Å²) < 4.78 is 16.7. The van der Waals surface area contributed by atoms with Crippen molar-refractivity contribution in [3.05, 3.63) is 12.2 Å². The number of hydrogen-bond acceptors (Lipinski definition) is 14. The van der Waals surface area contributed by atoms with E-state index >= 15 is 0 Å². The molecule has 11 N–H and O–H groups in total. The van der Waals surface area contributed by atoms with Crippen molar-refractivity contribution in [2.75, 3.05) is 13.2 Å². The van der Waals surface area contributed by atoms with Crippen molar-refractivity contribution in [2.24, 2.45) is 0 Å². The van der Waals surface area contributed by atoms with E-state index in [2.05, 4.69) is 19.2 Å². The number of allylic oxidation sites excluding steroid dienone is 1. The average Bonchev–Trinajstić information content (AvgIpc) is 3.28. The molecular weight excluding hydrogens is 815 g/mol. The summed E-state index contributed by atoms with van der Waals surface area (Å²) in [4.78, 5) is 13.4. The van der Waals surface area contributed by atoms with Crippen LogP contribution in [-0.4, -0.2) is 149 Å². The van der Waals surface area contributed by atoms with Gasteiger partial charge in [0.15, 0.2) is 18.2 Å². The van der Waals surface area contributed by atoms with Crippen LogP contribution in [0.4, 0.5) is 0 Å². The topological polar surface area (TPSA) is 259 Å². The third-order valence-electron chi connectivity index (χ3n) is 13.0. The van der Waals surface area contributed by atoms with Crippen molar-refractivity contribution in [1.29, 1.82) is 0 Å². The van der Waals surface area contributed by atoms with E-state index in [1.54, 1.807) is 6.08 Å². The molecule has 15 nitrogen and oxygen atoms in total. The Bertz CT molecular complexity index is 1170. The summed E-state index contributed by atoms with van der Waals surface area (Å²) in [7, 11) is 0. The normalized spacial score (nSPS) is 29.2. The fraction of sp³-hybridized carbons (Fsp3) is 0.938. The summed E-state index contributed by atoms with van der Waals surface area (Å²) in [5, 5.41) is 111. The molecule has 15 heteroatoms. The predicted molar refractivity (Wildman–Crippen MR) is 241 cm³/mol. The Morgan fingerprint density at radius 3 is 1.56 bits per heavy atom. The molecule has 2 saturated heterocycles. The molecule has 0 aromatic carbocycles. The zero-order valence-corrected chi connectivity index (χ0v) is 38.9. The second kappa shape index (κ2) is 34.0. The van der Waals surface area contributed by atoms with E-state index in [1.807, 2.05) is 0 Å². The van der Waals surface area contributed by atoms with E-state index in [0.29, 0.717) is 12.8 Å². The van der Waals surface area contributed by atoms with E-state index in [-0.39, 0.29) is 6.42 Å². The number of aliphatic hydroxyl groups is 10. The second-order valence-corrected chi connectivity index (χ2v) is 18.3. The average molecular weight is 906 g/mol. The van der Waals surface area contributed by atoms with E-state index in [1.165, 1.54) is 115 Å². The Kier molecular flexibility index (Phi) is 31.2. The minimum atomic E-state index is -2.59. The van der Waals surface area contributed by atoms with Crippen LogP contribution in [0.1, 0.15) is 194 Å². The molecule has 0 radical (unpaired) electrons. The highest BCUT2D eigenvalue weighted by Gasteiger charge is 2.61. The molecule has 2 aliphatic rings. The maximum atomic E-state index is 13.4. The number of aliphatic hydroxyl groups excluding tert-OH is 10. The molecule has 1 amide bonds. The summed E-state index contributed by atoms with van der Waals surface area (Å²) in [5.41, 5.74) is -2.59. The Balaban J connectivity index is 2.05. The summed E-state index contributed by atoms with van der Waals surface area (Å²) in [5.74, 6) is -0.501. The molecule has 2 aliphatic heterocycles. The van der Waals surface area contributed by atoms with Gasteiger partial charge in [-0.05, 0) is 19.3 Å². The van der Waals surface area contributed by atoms with Gasteiger partial charge in [0.25, 0.3) is 0 Å². The van der Waals surface area contributed by atoms with Crippen molar-refractivity contribution in [2.45, 2.75) is 273 Å². The molecule has 2 fully saturated rings. The Morgan fingerprint density at radius 1 is 0.635 bits per heavy atom. The van der Waals surface area contributed by atoms with Crippen LogP contribution in [0.25, 0.3) is 0 Å². The highest BCUT2D eigenvalue weighted by atomic mass is 16.7. The molecule has 0 aliphatic carbocycles. The van der Waals surface area contributed by atoms with Crippen molar-refractivity contribution >= 4 is 5.91 Å². The molecule has 0 bridgehead atoms. The Labute approximate surface area is 378 Å². The number of amides is 1. The number of carbonyl (C=O) groups is 1. The molecule has 372 valence electrons. The van der Waals surface area contributed by atoms with Crippen LogP contribution in [-0.2, 0) is 19.0 Å². The molecule has 0 aromatic heterocycles. The lowest BCUT2D eigenvalue weighted by Crippen LogP contribution is -2.75. The van der Waals surface area contributed by atoms with Gasteiger partial charge in [0, 0.05) is 6.42 Å². The van der Waals surface area contributed by atoms with Crippen LogP contribution < -0.4 is 5.32 Å². The molecular formula is C48H91NO14. The van der Waals surface area contributed by atoms with E-state index < -0.39 is 98.3 Å². The lowest BCUT2D eigenvalue weighted by atomic mass is 9.78. The molecule has 13 atom stereocenters. The van der Waals surface area contributed by atoms with E-state index in [9.17, 15) is 55.9 Å². The predicted octanol–water partition coefficient (Wildman–Crippen LogP) is 4.70. The molecule has 63 heavy (non-hydrogen) atoms. The SMILES string of the molecule is CCCCCCCCCCCCC/C=C/[C@@H](O)[C@H](NC(=O)CCCCCCCCCCCCCCCCC)C(O)[C@@]1(CO)O[C@H](O[C@H]2[C@H](O)[C@@H](O)[C@H](O)O[C@@H]2CO)[C@H](O)[C@@H](O)[C@H]1O. The highest BCUT2D eigenvalue weighted by Crippen LogP contribution is 2.37. The summed E-state index contributed by atoms with van der Waals surface area (Å²) in [6.07, 6.45) is 13.4. The molecule has 0 spiro atoms. The minimum absolute atomic E-state index is 0.0789. The van der Waals surface area contributed by atoms with Gasteiger partial charge < -0.3 is 70.6 Å². The molecule has 1 unspecified atom stereocenters. The fourth-order valence-corrected chi connectivity index (χ4v) is 8.81. The smallest absolute Gasteiger partial charge is 0.220 e. The monoisotopic (exact) mass is 906 g/mol. The van der Waals surface area contributed by atoms with Gasteiger partial charge in [0.1, 0.15) is 48.8 Å². The molecule has 2 heterocycles. The zero-order chi connectivity index (χ0) is 46.5. The van der Waals surface area contributed by atoms with Crippen molar-refractivity contribution in [3.8, 4) is 0 Å². The Hall–Kier alpha value is -1.31. The first kappa shape index (κ1) is 57.8. The zero-order valence-electron chi connectivity index (χ0n) is 38.9. The number of unbranched alkanes of at least 4 members (excludes halogenated alkanes) is 25. The first-order valence-electron chi connectivity index (χ1n) is 25.0. The van der Waals surface area contributed by atoms with Gasteiger partial charge in [-0.25, -0.2) is 0 Å². The summed E-state index contributed by atoms with van der Waals surface area (Å²) in [6.45, 7) is 2.43. The third-order valence-corrected chi connectivity index (χ3v) is 13.0. The lowest BCUT2D eigenvalue weighted by molar-refractivity contribution is -0.387. The number of hydrogen-bond donors (Lipinski definition) is 11. The van der Waals surface area contributed by atoms with Gasteiger partial charge in [-0.2, -0.15) is 0 Å². The van der Waals surface area contributed by atoms with Gasteiger partial charge in [0.05, 0.1) is 25.4 Å². The van der Waals surface area contributed by atoms with Gasteiger partial charge in [-0.15, -0.1) is 0 Å². The first-order chi connectivity index (χ1) is 30.4. The van der Waals surface area contributed by atoms with Crippen molar-refractivity contribution in [3.63, 3.8) is 0 Å². The van der Waals surface area contributed by atoms with Gasteiger partial charge >= 0.3 is 0 Å². The van der Waals surface area contributed by atoms with Gasteiger partial charge in [-0.1, -0.05) is 180 Å². The molecule has 0 aromatic rings. The standard InChI is InChI=1S/C48H91NO14/c1-3-5-7-9-11-13-15-17-18-20-22-24-26-28-30-32-37(53)49-38(35(52)31-29-27-25-23-21-19-16-14-12-10-8-6-4-2)44(58)48(34-51)45(59)40(55)42(57)47(63-48)62-43-36(33-50)61-46(60)41(56)39(43)54/h29,31,35-36,38-47,50-52,54-60H,3-28,30,32-34H2,1-2H3,(H,49,53)/b31-29+/t35-,36-,38+,39-,40-,41-,42-,43-,44?,45-,46-,47+,48-/m1/s1. The number of rotatable bonds is 37. The largest absolute Gasteiger partial charge is 0.394 e. The van der Waals surface area contributed by atoms with Crippen LogP contribution >= 0.6 is 0 Å². The third kappa shape index (κ3) is 20.6. The lowest BCUT2D eigenvalue weighted by Gasteiger charge is -2.52. The van der Waals surface area contributed by atoms with Crippen LogP contribution in [0.3, 0.4) is 0 Å². The van der Waals surface area contributed by atoms with E-state index in [0.717, 1.165) is 51.4 Å². The fourth-order valence-electron chi connectivity index (χ4n) is 8.81. The highest BCUT2D eigenvalue weighted by molar-refractivity contribution is 5.76. The number of ether oxygens (including phenoxy) is 3. The van der Waals surface area contributed by atoms with Crippen LogP contribution in [0.5, 0.6) is 0 Å². The number of carbonyl (C=O) groups excluding carboxylic acids is 1. The quantitative estimate of drug-likeness (QED) is 0.0299. The Morgan fingerprint density at radius 2 is 1.10 bits per heavy atom. The second-order valence-electron chi connectivity index (χ2n) is 18.3. The first-order valence-corrected chi connectivity index (χ1v) is 25.0. The maximum Gasteiger partial charge on any atom is 0.220 e. The van der Waals surface area contributed by atoms with Crippen molar-refractivity contribution in [1.82, 2.24) is 5.32 Å². The summed E-state index contributed by atoms with van der Waals surface area (Å²) in [6, 6.07) is -1.59. The van der Waals surface area contributed by atoms with Crippen LogP contribution in [0, 0.1) is 0 Å². The summed E-state index contributed by atoms with van der Waals surface area (Å²) >= 11 is 0. The van der Waals surface area contributed by atoms with Crippen LogP contribution in [0.15, 0.2) is 12.2 Å². The molecule has 2 rings (SSSR count). The van der Waals surface area contributed by atoms with Crippen molar-refractivity contribution < 1.29 is 70.1 Å². The maximum absolute atomic E-state index is 13.4. The minimum Gasteiger partial charge on any atom is -0.394 e. The molecule has 0 saturated carbocycles. The van der Waals surface area contributed by atoms with Gasteiger partial charge in [-0.3, -0.25) is 4.79 Å². The van der Waals surface area contributed by atoms with Crippen LogP contribution in [0.2, 0.25) is 0 Å². The number of nitrogens with one attached hydrogen (secondary N) is 1.